The molecule has 3 N–H and O–H groups in total. The number of hydrogen-bond donors (Lipinski definition) is 3. The minimum Gasteiger partial charge on any atom is -0.317 e. The Morgan fingerprint density at radius 2 is 1.23 bits per heavy atom. The second kappa shape index (κ2) is 7.06. The molecule has 0 atom stereocenters. The lowest BCUT2D eigenvalue weighted by Gasteiger charge is -2.12. The van der Waals surface area contributed by atoms with Crippen LogP contribution in [0.5, 0.6) is 0 Å². The minimum atomic E-state index is 0.951. The Bertz CT molecular complexity index is 131. The van der Waals surface area contributed by atoms with Crippen molar-refractivity contribution in [1.82, 2.24) is 16.0 Å². The van der Waals surface area contributed by atoms with E-state index in [-0.39, 0.29) is 0 Å². The Labute approximate surface area is 81.0 Å². The van der Waals surface area contributed by atoms with Gasteiger partial charge in [-0.15, -0.1) is 0 Å². The minimum absolute atomic E-state index is 0.951. The summed E-state index contributed by atoms with van der Waals surface area (Å²) < 4.78 is 0. The van der Waals surface area contributed by atoms with E-state index in [0.29, 0.717) is 0 Å². The third kappa shape index (κ3) is 5.80. The molecule has 1 rings (SSSR count). The summed E-state index contributed by atoms with van der Waals surface area (Å²) in [5, 5.41) is 10.2. The summed E-state index contributed by atoms with van der Waals surface area (Å²) in [6.07, 6.45) is 2.42. The average molecular weight is 183 g/mol. The van der Waals surface area contributed by atoms with Gasteiger partial charge in [-0.25, -0.2) is 0 Å². The molecule has 0 aromatic rings. The van der Waals surface area contributed by atoms with Crippen LogP contribution in [0.4, 0.5) is 0 Å². The van der Waals surface area contributed by atoms with Gasteiger partial charge >= 0.3 is 0 Å². The molecular formula is C10H21N3. The molecule has 1 saturated heterocycles. The zero-order valence-electron chi connectivity index (χ0n) is 8.36. The smallest absolute Gasteiger partial charge is 0.0174 e. The van der Waals surface area contributed by atoms with Crippen molar-refractivity contribution in [2.75, 3.05) is 39.3 Å². The first-order valence-electron chi connectivity index (χ1n) is 5.18. The average Bonchev–Trinajstić information content (AvgIpc) is 2.11. The lowest BCUT2D eigenvalue weighted by atomic mass is 10.2. The maximum Gasteiger partial charge on any atom is 0.0174 e. The van der Waals surface area contributed by atoms with E-state index >= 15 is 0 Å². The highest BCUT2D eigenvalue weighted by atomic mass is 14.9. The Hall–Kier alpha value is -0.380. The predicted octanol–water partition coefficient (Wildman–Crippen LogP) is 0.105. The number of nitrogens with one attached hydrogen (secondary N) is 3. The molecule has 3 nitrogen and oxygen atoms in total. The van der Waals surface area contributed by atoms with Gasteiger partial charge in [0.05, 0.1) is 0 Å². The molecule has 1 aliphatic rings. The molecule has 1 aliphatic heterocycles. The molecule has 1 fully saturated rings. The van der Waals surface area contributed by atoms with E-state index in [4.69, 9.17) is 0 Å². The van der Waals surface area contributed by atoms with Gasteiger partial charge in [0, 0.05) is 13.1 Å². The Balaban J connectivity index is 2.14. The molecule has 0 radical (unpaired) electrons. The summed E-state index contributed by atoms with van der Waals surface area (Å²) >= 11 is 0. The van der Waals surface area contributed by atoms with Crippen LogP contribution in [0, 0.1) is 0 Å². The van der Waals surface area contributed by atoms with E-state index in [1.165, 1.54) is 18.4 Å². The third-order valence-electron chi connectivity index (χ3n) is 2.16. The van der Waals surface area contributed by atoms with Crippen molar-refractivity contribution < 1.29 is 0 Å². The highest BCUT2D eigenvalue weighted by Gasteiger charge is 1.96. The molecule has 0 amide bonds. The molecule has 0 aromatic heterocycles. The van der Waals surface area contributed by atoms with Crippen LogP contribution in [-0.4, -0.2) is 39.3 Å². The van der Waals surface area contributed by atoms with Gasteiger partial charge in [-0.1, -0.05) is 6.58 Å². The summed E-state index contributed by atoms with van der Waals surface area (Å²) in [7, 11) is 0. The molecule has 0 aliphatic carbocycles. The molecule has 0 spiro atoms. The highest BCUT2D eigenvalue weighted by Crippen LogP contribution is 1.87. The van der Waals surface area contributed by atoms with Gasteiger partial charge < -0.3 is 16.0 Å². The summed E-state index contributed by atoms with van der Waals surface area (Å²) in [4.78, 5) is 0. The van der Waals surface area contributed by atoms with Gasteiger partial charge in [-0.2, -0.15) is 0 Å². The zero-order chi connectivity index (χ0) is 9.36. The zero-order valence-corrected chi connectivity index (χ0v) is 8.36. The van der Waals surface area contributed by atoms with Crippen LogP contribution < -0.4 is 16.0 Å². The van der Waals surface area contributed by atoms with Crippen molar-refractivity contribution in [2.45, 2.75) is 12.8 Å². The fourth-order valence-corrected chi connectivity index (χ4v) is 1.39. The molecule has 0 unspecified atom stereocenters. The standard InChI is InChI=1S/C10H21N3/c1-10-8-12-6-2-4-11-5-3-7-13-9-10/h11-13H,1-9H2. The molecule has 13 heavy (non-hydrogen) atoms. The largest absolute Gasteiger partial charge is 0.317 e. The molecule has 76 valence electrons. The van der Waals surface area contributed by atoms with Crippen molar-refractivity contribution in [2.24, 2.45) is 0 Å². The quantitative estimate of drug-likeness (QED) is 0.466. The lowest BCUT2D eigenvalue weighted by Crippen LogP contribution is -2.30. The lowest BCUT2D eigenvalue weighted by molar-refractivity contribution is 0.562. The fraction of sp³-hybridized carbons (Fsp3) is 0.800. The SMILES string of the molecule is C=C1CNCCCNCCCNC1. The first kappa shape index (κ1) is 10.7. The molecule has 3 heteroatoms. The van der Waals surface area contributed by atoms with Gasteiger partial charge in [-0.05, 0) is 44.6 Å². The summed E-state index contributed by atoms with van der Waals surface area (Å²) in [5.41, 5.74) is 1.26. The summed E-state index contributed by atoms with van der Waals surface area (Å²) in [6, 6.07) is 0. The van der Waals surface area contributed by atoms with E-state index in [1.54, 1.807) is 0 Å². The van der Waals surface area contributed by atoms with Crippen LogP contribution in [-0.2, 0) is 0 Å². The van der Waals surface area contributed by atoms with E-state index < -0.39 is 0 Å². The van der Waals surface area contributed by atoms with Crippen molar-refractivity contribution in [3.8, 4) is 0 Å². The van der Waals surface area contributed by atoms with E-state index in [1.807, 2.05) is 0 Å². The van der Waals surface area contributed by atoms with Gasteiger partial charge in [-0.3, -0.25) is 0 Å². The van der Waals surface area contributed by atoms with Gasteiger partial charge in [0.25, 0.3) is 0 Å². The molecule has 1 heterocycles. The van der Waals surface area contributed by atoms with Crippen molar-refractivity contribution in [3.63, 3.8) is 0 Å². The Morgan fingerprint density at radius 1 is 0.769 bits per heavy atom. The molecule has 0 aromatic carbocycles. The van der Waals surface area contributed by atoms with E-state index in [0.717, 1.165) is 39.3 Å². The van der Waals surface area contributed by atoms with Gasteiger partial charge in [0.1, 0.15) is 0 Å². The Morgan fingerprint density at radius 3 is 1.77 bits per heavy atom. The van der Waals surface area contributed by atoms with Crippen LogP contribution in [0.2, 0.25) is 0 Å². The topological polar surface area (TPSA) is 36.1 Å². The first-order chi connectivity index (χ1) is 6.39. The summed E-state index contributed by atoms with van der Waals surface area (Å²) in [6.45, 7) is 10.3. The van der Waals surface area contributed by atoms with Crippen LogP contribution >= 0.6 is 0 Å². The monoisotopic (exact) mass is 183 g/mol. The number of hydrogen-bond acceptors (Lipinski definition) is 3. The molecular weight excluding hydrogens is 162 g/mol. The Kier molecular flexibility index (Phi) is 5.81. The second-order valence-corrected chi connectivity index (χ2v) is 3.56. The predicted molar refractivity (Wildman–Crippen MR) is 57.0 cm³/mol. The molecule has 0 bridgehead atoms. The second-order valence-electron chi connectivity index (χ2n) is 3.56. The van der Waals surface area contributed by atoms with Gasteiger partial charge in [0.2, 0.25) is 0 Å². The van der Waals surface area contributed by atoms with Crippen LogP contribution in [0.15, 0.2) is 12.2 Å². The first-order valence-corrected chi connectivity index (χ1v) is 5.18. The van der Waals surface area contributed by atoms with E-state index in [9.17, 15) is 0 Å². The maximum absolute atomic E-state index is 4.00. The van der Waals surface area contributed by atoms with Crippen LogP contribution in [0.1, 0.15) is 12.8 Å². The van der Waals surface area contributed by atoms with E-state index in [2.05, 4.69) is 22.5 Å². The van der Waals surface area contributed by atoms with Crippen molar-refractivity contribution in [3.05, 3.63) is 12.2 Å². The highest BCUT2D eigenvalue weighted by molar-refractivity contribution is 4.98. The molecule has 0 saturated carbocycles. The fourth-order valence-electron chi connectivity index (χ4n) is 1.39. The maximum atomic E-state index is 4.00. The van der Waals surface area contributed by atoms with Crippen LogP contribution in [0.25, 0.3) is 0 Å². The normalized spacial score (nSPS) is 23.2. The number of rotatable bonds is 0. The van der Waals surface area contributed by atoms with Crippen LogP contribution in [0.3, 0.4) is 0 Å². The van der Waals surface area contributed by atoms with Gasteiger partial charge in [0.15, 0.2) is 0 Å². The van der Waals surface area contributed by atoms with Crippen molar-refractivity contribution in [1.29, 1.82) is 0 Å². The third-order valence-corrected chi connectivity index (χ3v) is 2.16. The summed E-state index contributed by atoms with van der Waals surface area (Å²) in [5.74, 6) is 0. The van der Waals surface area contributed by atoms with Crippen molar-refractivity contribution >= 4 is 0 Å².